The van der Waals surface area contributed by atoms with Gasteiger partial charge in [0, 0.05) is 57.1 Å². The lowest BCUT2D eigenvalue weighted by atomic mass is 10.1. The van der Waals surface area contributed by atoms with E-state index in [1.54, 1.807) is 18.4 Å². The molecule has 2 aromatic rings. The second kappa shape index (κ2) is 12.1. The van der Waals surface area contributed by atoms with Crippen LogP contribution in [0.2, 0.25) is 0 Å². The van der Waals surface area contributed by atoms with Crippen LogP contribution in [0, 0.1) is 0 Å². The summed E-state index contributed by atoms with van der Waals surface area (Å²) in [4.78, 5) is 23.7. The van der Waals surface area contributed by atoms with E-state index in [-0.39, 0.29) is 29.9 Å². The fourth-order valence-electron chi connectivity index (χ4n) is 3.18. The highest BCUT2D eigenvalue weighted by molar-refractivity contribution is 14.0. The average molecular weight is 527 g/mol. The lowest BCUT2D eigenvalue weighted by Gasteiger charge is -2.16. The molecule has 1 aromatic carbocycles. The molecule has 1 aromatic heterocycles. The van der Waals surface area contributed by atoms with E-state index < -0.39 is 0 Å². The minimum atomic E-state index is 0. The Bertz CT molecular complexity index is 806. The van der Waals surface area contributed by atoms with E-state index in [1.807, 2.05) is 11.1 Å². The van der Waals surface area contributed by atoms with Crippen LogP contribution >= 0.6 is 35.3 Å². The molecule has 0 spiro atoms. The first-order valence-corrected chi connectivity index (χ1v) is 10.7. The number of guanidine groups is 1. The maximum atomic E-state index is 11.7. The maximum Gasteiger partial charge on any atom is 0.222 e. The Morgan fingerprint density at radius 1 is 1.24 bits per heavy atom. The molecular weight excluding hydrogens is 497 g/mol. The molecule has 0 bridgehead atoms. The molecule has 0 unspecified atom stereocenters. The Morgan fingerprint density at radius 2 is 2.00 bits per heavy atom. The Hall–Kier alpha value is -1.68. The summed E-state index contributed by atoms with van der Waals surface area (Å²) in [7, 11) is 1.78. The molecule has 1 aliphatic heterocycles. The van der Waals surface area contributed by atoms with Gasteiger partial charge in [0.25, 0.3) is 0 Å². The van der Waals surface area contributed by atoms with Crippen molar-refractivity contribution in [1.82, 2.24) is 20.5 Å². The second-order valence-electron chi connectivity index (χ2n) is 6.91. The van der Waals surface area contributed by atoms with Crippen molar-refractivity contribution < 1.29 is 4.79 Å². The zero-order valence-electron chi connectivity index (χ0n) is 17.1. The molecule has 8 heteroatoms. The quantitative estimate of drug-likeness (QED) is 0.314. The third kappa shape index (κ3) is 7.26. The Morgan fingerprint density at radius 3 is 2.62 bits per heavy atom. The molecule has 0 atom stereocenters. The van der Waals surface area contributed by atoms with Gasteiger partial charge in [0.05, 0.1) is 5.01 Å². The van der Waals surface area contributed by atoms with Crippen LogP contribution in [-0.4, -0.2) is 41.9 Å². The van der Waals surface area contributed by atoms with Crippen LogP contribution in [0.15, 0.2) is 35.5 Å². The summed E-state index contributed by atoms with van der Waals surface area (Å²) in [5.41, 5.74) is 2.36. The van der Waals surface area contributed by atoms with Gasteiger partial charge >= 0.3 is 0 Å². The average Bonchev–Trinajstić information content (AvgIpc) is 3.34. The smallest absolute Gasteiger partial charge is 0.222 e. The SMILES string of the molecule is CCc1cnc(CCNC(=NC)NCc2ccc(CN3CCCC3=O)cc2)s1.I. The lowest BCUT2D eigenvalue weighted by Crippen LogP contribution is -2.37. The number of aliphatic imine (C=N–C) groups is 1. The van der Waals surface area contributed by atoms with Crippen molar-refractivity contribution in [2.75, 3.05) is 20.1 Å². The minimum Gasteiger partial charge on any atom is -0.356 e. The van der Waals surface area contributed by atoms with Crippen LogP contribution in [0.3, 0.4) is 0 Å². The molecule has 0 aliphatic carbocycles. The molecule has 3 rings (SSSR count). The van der Waals surface area contributed by atoms with Crippen molar-refractivity contribution >= 4 is 47.2 Å². The number of aromatic nitrogens is 1. The maximum absolute atomic E-state index is 11.7. The summed E-state index contributed by atoms with van der Waals surface area (Å²) in [6, 6.07) is 8.43. The van der Waals surface area contributed by atoms with Crippen LogP contribution in [-0.2, 0) is 30.7 Å². The highest BCUT2D eigenvalue weighted by Gasteiger charge is 2.19. The van der Waals surface area contributed by atoms with Crippen molar-refractivity contribution in [2.45, 2.75) is 45.7 Å². The van der Waals surface area contributed by atoms with E-state index in [4.69, 9.17) is 0 Å². The third-order valence-corrected chi connectivity index (χ3v) is 6.03. The number of benzene rings is 1. The van der Waals surface area contributed by atoms with E-state index in [0.29, 0.717) is 19.5 Å². The van der Waals surface area contributed by atoms with E-state index in [2.05, 4.69) is 51.8 Å². The number of carbonyl (C=O) groups excluding carboxylic acids is 1. The molecule has 2 heterocycles. The zero-order chi connectivity index (χ0) is 19.8. The van der Waals surface area contributed by atoms with Crippen LogP contribution in [0.25, 0.3) is 0 Å². The fourth-order valence-corrected chi connectivity index (χ4v) is 4.04. The number of hydrogen-bond acceptors (Lipinski definition) is 4. The van der Waals surface area contributed by atoms with Crippen LogP contribution in [0.1, 0.15) is 40.8 Å². The molecule has 0 radical (unpaired) electrons. The molecule has 29 heavy (non-hydrogen) atoms. The number of thiazole rings is 1. The number of aryl methyl sites for hydroxylation is 1. The van der Waals surface area contributed by atoms with Gasteiger partial charge in [-0.15, -0.1) is 35.3 Å². The van der Waals surface area contributed by atoms with Crippen LogP contribution in [0.4, 0.5) is 0 Å². The molecule has 2 N–H and O–H groups in total. The summed E-state index contributed by atoms with van der Waals surface area (Å²) in [5.74, 6) is 1.06. The molecule has 0 saturated carbocycles. The first kappa shape index (κ1) is 23.6. The number of likely N-dealkylation sites (tertiary alicyclic amines) is 1. The summed E-state index contributed by atoms with van der Waals surface area (Å²) in [6.45, 7) is 5.26. The first-order chi connectivity index (χ1) is 13.7. The van der Waals surface area contributed by atoms with E-state index in [0.717, 1.165) is 43.3 Å². The second-order valence-corrected chi connectivity index (χ2v) is 8.11. The molecule has 1 saturated heterocycles. The number of hydrogen-bond donors (Lipinski definition) is 2. The van der Waals surface area contributed by atoms with Crippen molar-refractivity contribution in [3.05, 3.63) is 51.5 Å². The van der Waals surface area contributed by atoms with Crippen molar-refractivity contribution in [2.24, 2.45) is 4.99 Å². The number of amides is 1. The van der Waals surface area contributed by atoms with Gasteiger partial charge in [-0.3, -0.25) is 9.79 Å². The van der Waals surface area contributed by atoms with Crippen molar-refractivity contribution in [3.8, 4) is 0 Å². The standard InChI is InChI=1S/C21H29N5OS.HI/c1-3-18-14-24-19(28-18)10-11-23-21(22-2)25-13-16-6-8-17(9-7-16)15-26-12-4-5-20(26)27;/h6-9,14H,3-5,10-13,15H2,1-2H3,(H2,22,23,25);1H. The summed E-state index contributed by atoms with van der Waals surface area (Å²) >= 11 is 1.78. The Labute approximate surface area is 194 Å². The normalized spacial score (nSPS) is 14.1. The number of carbonyl (C=O) groups is 1. The highest BCUT2D eigenvalue weighted by Crippen LogP contribution is 2.15. The van der Waals surface area contributed by atoms with Gasteiger partial charge in [-0.1, -0.05) is 31.2 Å². The summed E-state index contributed by atoms with van der Waals surface area (Å²) in [5, 5.41) is 7.85. The number of halogens is 1. The third-order valence-electron chi connectivity index (χ3n) is 4.83. The van der Waals surface area contributed by atoms with Gasteiger partial charge in [0.2, 0.25) is 5.91 Å². The summed E-state index contributed by atoms with van der Waals surface area (Å²) in [6.07, 6.45) is 5.58. The van der Waals surface area contributed by atoms with Crippen LogP contribution < -0.4 is 10.6 Å². The molecule has 6 nitrogen and oxygen atoms in total. The van der Waals surface area contributed by atoms with Gasteiger partial charge < -0.3 is 15.5 Å². The molecule has 1 aliphatic rings. The highest BCUT2D eigenvalue weighted by atomic mass is 127. The minimum absolute atomic E-state index is 0. The van der Waals surface area contributed by atoms with Crippen LogP contribution in [0.5, 0.6) is 0 Å². The first-order valence-electron chi connectivity index (χ1n) is 9.91. The van der Waals surface area contributed by atoms with Crippen molar-refractivity contribution in [3.63, 3.8) is 0 Å². The lowest BCUT2D eigenvalue weighted by molar-refractivity contribution is -0.128. The zero-order valence-corrected chi connectivity index (χ0v) is 20.3. The van der Waals surface area contributed by atoms with Crippen molar-refractivity contribution in [1.29, 1.82) is 0 Å². The Kier molecular flexibility index (Phi) is 9.86. The van der Waals surface area contributed by atoms with Gasteiger partial charge in [0.1, 0.15) is 0 Å². The largest absolute Gasteiger partial charge is 0.356 e. The molecule has 1 fully saturated rings. The topological polar surface area (TPSA) is 69.6 Å². The number of rotatable bonds is 8. The van der Waals surface area contributed by atoms with E-state index >= 15 is 0 Å². The van der Waals surface area contributed by atoms with Gasteiger partial charge in [0.15, 0.2) is 5.96 Å². The number of nitrogens with one attached hydrogen (secondary N) is 2. The molecule has 1 amide bonds. The van der Waals surface area contributed by atoms with E-state index in [1.165, 1.54) is 16.0 Å². The Balaban J connectivity index is 0.00000300. The van der Waals surface area contributed by atoms with Gasteiger partial charge in [-0.25, -0.2) is 4.98 Å². The predicted molar refractivity (Wildman–Crippen MR) is 130 cm³/mol. The van der Waals surface area contributed by atoms with Gasteiger partial charge in [-0.2, -0.15) is 0 Å². The molecule has 158 valence electrons. The predicted octanol–water partition coefficient (Wildman–Crippen LogP) is 3.35. The number of nitrogens with zero attached hydrogens (tertiary/aromatic N) is 3. The van der Waals surface area contributed by atoms with E-state index in [9.17, 15) is 4.79 Å². The van der Waals surface area contributed by atoms with Gasteiger partial charge in [-0.05, 0) is 24.0 Å². The summed E-state index contributed by atoms with van der Waals surface area (Å²) < 4.78 is 0. The molecular formula is C21H30IN5OS. The fraction of sp³-hybridized carbons (Fsp3) is 0.476. The monoisotopic (exact) mass is 527 g/mol.